The Balaban J connectivity index is 2.84. The zero-order valence-electron chi connectivity index (χ0n) is 5.89. The number of amidine groups is 1. The lowest BCUT2D eigenvalue weighted by Gasteiger charge is -2.26. The molecule has 5 heteroatoms. The SMILES string of the molecule is CN1C(Cl)=NC=C(CCl)C1Cl. The molecule has 0 spiro atoms. The van der Waals surface area contributed by atoms with E-state index < -0.39 is 0 Å². The first-order valence-corrected chi connectivity index (χ1v) is 4.37. The van der Waals surface area contributed by atoms with E-state index in [0.29, 0.717) is 11.2 Å². The quantitative estimate of drug-likeness (QED) is 0.482. The second-order valence-corrected chi connectivity index (χ2v) is 3.20. The fraction of sp³-hybridized carbons (Fsp3) is 0.500. The van der Waals surface area contributed by atoms with Crippen LogP contribution in [0.2, 0.25) is 0 Å². The summed E-state index contributed by atoms with van der Waals surface area (Å²) in [7, 11) is 1.77. The summed E-state index contributed by atoms with van der Waals surface area (Å²) in [4.78, 5) is 5.54. The Hall–Kier alpha value is 0.0800. The average Bonchev–Trinajstić information content (AvgIpc) is 2.01. The second kappa shape index (κ2) is 3.65. The monoisotopic (exact) mass is 212 g/mol. The third-order valence-electron chi connectivity index (χ3n) is 1.43. The van der Waals surface area contributed by atoms with Gasteiger partial charge < -0.3 is 4.90 Å². The highest BCUT2D eigenvalue weighted by Gasteiger charge is 2.21. The van der Waals surface area contributed by atoms with Gasteiger partial charge >= 0.3 is 0 Å². The maximum atomic E-state index is 5.94. The number of aliphatic imine (C=N–C) groups is 1. The Kier molecular flexibility index (Phi) is 3.05. The van der Waals surface area contributed by atoms with E-state index in [2.05, 4.69) is 4.99 Å². The van der Waals surface area contributed by atoms with E-state index in [4.69, 9.17) is 34.8 Å². The van der Waals surface area contributed by atoms with E-state index in [1.165, 1.54) is 0 Å². The summed E-state index contributed by atoms with van der Waals surface area (Å²) < 4.78 is 0. The molecular formula is C6H7Cl3N2. The van der Waals surface area contributed by atoms with Gasteiger partial charge in [0, 0.05) is 24.7 Å². The molecule has 11 heavy (non-hydrogen) atoms. The molecule has 0 saturated carbocycles. The molecule has 0 aliphatic carbocycles. The van der Waals surface area contributed by atoms with Crippen LogP contribution in [0.4, 0.5) is 0 Å². The molecule has 0 aromatic carbocycles. The van der Waals surface area contributed by atoms with E-state index in [1.54, 1.807) is 18.1 Å². The molecule has 0 amide bonds. The Bertz CT molecular complexity index is 212. The first-order valence-electron chi connectivity index (χ1n) is 3.02. The molecule has 0 N–H and O–H groups in total. The van der Waals surface area contributed by atoms with E-state index in [9.17, 15) is 0 Å². The van der Waals surface area contributed by atoms with Crippen LogP contribution in [0.5, 0.6) is 0 Å². The molecule has 0 aromatic heterocycles. The zero-order valence-corrected chi connectivity index (χ0v) is 8.16. The maximum absolute atomic E-state index is 5.94. The van der Waals surface area contributed by atoms with Crippen molar-refractivity contribution in [2.45, 2.75) is 5.50 Å². The van der Waals surface area contributed by atoms with Crippen LogP contribution in [0, 0.1) is 0 Å². The van der Waals surface area contributed by atoms with E-state index in [-0.39, 0.29) is 5.50 Å². The maximum Gasteiger partial charge on any atom is 0.199 e. The second-order valence-electron chi connectivity index (χ2n) is 2.18. The smallest absolute Gasteiger partial charge is 0.199 e. The first-order chi connectivity index (χ1) is 5.16. The zero-order chi connectivity index (χ0) is 8.43. The molecule has 1 aliphatic rings. The number of alkyl halides is 2. The summed E-state index contributed by atoms with van der Waals surface area (Å²) in [6.07, 6.45) is 1.60. The fourth-order valence-corrected chi connectivity index (χ4v) is 1.45. The van der Waals surface area contributed by atoms with Crippen LogP contribution in [0.25, 0.3) is 0 Å². The van der Waals surface area contributed by atoms with Crippen LogP contribution < -0.4 is 0 Å². The van der Waals surface area contributed by atoms with Gasteiger partial charge in [-0.05, 0) is 11.6 Å². The molecule has 2 nitrogen and oxygen atoms in total. The van der Waals surface area contributed by atoms with Crippen LogP contribution in [0.15, 0.2) is 16.8 Å². The Morgan fingerprint density at radius 2 is 2.36 bits per heavy atom. The van der Waals surface area contributed by atoms with Gasteiger partial charge in [0.15, 0.2) is 5.29 Å². The molecule has 1 rings (SSSR count). The lowest BCUT2D eigenvalue weighted by molar-refractivity contribution is 0.507. The van der Waals surface area contributed by atoms with Crippen LogP contribution in [-0.4, -0.2) is 28.6 Å². The van der Waals surface area contributed by atoms with Crippen molar-refractivity contribution >= 4 is 40.1 Å². The van der Waals surface area contributed by atoms with Crippen molar-refractivity contribution in [2.75, 3.05) is 12.9 Å². The van der Waals surface area contributed by atoms with Gasteiger partial charge in [-0.1, -0.05) is 11.6 Å². The third-order valence-corrected chi connectivity index (χ3v) is 2.67. The molecule has 0 saturated heterocycles. The highest BCUT2D eigenvalue weighted by atomic mass is 35.5. The van der Waals surface area contributed by atoms with E-state index in [0.717, 1.165) is 5.57 Å². The predicted molar refractivity (Wildman–Crippen MR) is 49.5 cm³/mol. The molecule has 1 heterocycles. The molecule has 0 radical (unpaired) electrons. The van der Waals surface area contributed by atoms with Crippen LogP contribution in [0.1, 0.15) is 0 Å². The minimum Gasteiger partial charge on any atom is -0.330 e. The van der Waals surface area contributed by atoms with Gasteiger partial charge in [-0.25, -0.2) is 4.99 Å². The normalized spacial score (nSPS) is 24.7. The molecule has 0 bridgehead atoms. The number of halogens is 3. The van der Waals surface area contributed by atoms with Gasteiger partial charge in [0.1, 0.15) is 5.50 Å². The average molecular weight is 213 g/mol. The van der Waals surface area contributed by atoms with Crippen molar-refractivity contribution in [1.29, 1.82) is 0 Å². The van der Waals surface area contributed by atoms with Crippen LogP contribution in [-0.2, 0) is 0 Å². The molecular weight excluding hydrogens is 206 g/mol. The van der Waals surface area contributed by atoms with Crippen molar-refractivity contribution in [2.24, 2.45) is 4.99 Å². The third kappa shape index (κ3) is 1.81. The van der Waals surface area contributed by atoms with Gasteiger partial charge in [-0.2, -0.15) is 0 Å². The first kappa shape index (κ1) is 9.17. The van der Waals surface area contributed by atoms with Gasteiger partial charge in [-0.15, -0.1) is 11.6 Å². The lowest BCUT2D eigenvalue weighted by atomic mass is 10.3. The topological polar surface area (TPSA) is 15.6 Å². The summed E-state index contributed by atoms with van der Waals surface area (Å²) in [5, 5.41) is 0.388. The Morgan fingerprint density at radius 3 is 2.91 bits per heavy atom. The lowest BCUT2D eigenvalue weighted by Crippen LogP contribution is -2.34. The van der Waals surface area contributed by atoms with Crippen LogP contribution in [0.3, 0.4) is 0 Å². The molecule has 0 fully saturated rings. The molecule has 0 aromatic rings. The van der Waals surface area contributed by atoms with Gasteiger partial charge in [0.25, 0.3) is 0 Å². The molecule has 1 atom stereocenters. The summed E-state index contributed by atoms with van der Waals surface area (Å²) in [5.74, 6) is 0.381. The van der Waals surface area contributed by atoms with E-state index >= 15 is 0 Å². The fourth-order valence-electron chi connectivity index (χ4n) is 0.729. The summed E-state index contributed by atoms with van der Waals surface area (Å²) in [6.45, 7) is 0. The van der Waals surface area contributed by atoms with Gasteiger partial charge in [0.05, 0.1) is 0 Å². The number of hydrogen-bond acceptors (Lipinski definition) is 2. The number of nitrogens with zero attached hydrogens (tertiary/aromatic N) is 2. The minimum absolute atomic E-state index is 0.266. The van der Waals surface area contributed by atoms with Crippen molar-refractivity contribution in [3.05, 3.63) is 11.8 Å². The van der Waals surface area contributed by atoms with Crippen molar-refractivity contribution < 1.29 is 0 Å². The van der Waals surface area contributed by atoms with Crippen LogP contribution >= 0.6 is 34.8 Å². The predicted octanol–water partition coefficient (Wildman–Crippen LogP) is 2.21. The van der Waals surface area contributed by atoms with Crippen molar-refractivity contribution in [3.8, 4) is 0 Å². The summed E-state index contributed by atoms with van der Waals surface area (Å²) in [6, 6.07) is 0. The molecule has 62 valence electrons. The number of likely N-dealkylation sites (N-methyl/N-ethyl adjacent to an activating group) is 1. The summed E-state index contributed by atoms with van der Waals surface area (Å²) >= 11 is 17.2. The van der Waals surface area contributed by atoms with Crippen molar-refractivity contribution in [1.82, 2.24) is 4.90 Å². The van der Waals surface area contributed by atoms with Crippen molar-refractivity contribution in [3.63, 3.8) is 0 Å². The number of rotatable bonds is 1. The van der Waals surface area contributed by atoms with E-state index in [1.807, 2.05) is 0 Å². The highest BCUT2D eigenvalue weighted by molar-refractivity contribution is 6.65. The summed E-state index contributed by atoms with van der Waals surface area (Å²) in [5.41, 5.74) is 0.595. The largest absolute Gasteiger partial charge is 0.330 e. The molecule has 1 aliphatic heterocycles. The Labute approximate surface area is 80.4 Å². The van der Waals surface area contributed by atoms with Gasteiger partial charge in [0.2, 0.25) is 0 Å². The van der Waals surface area contributed by atoms with Gasteiger partial charge in [-0.3, -0.25) is 0 Å². The highest BCUT2D eigenvalue weighted by Crippen LogP contribution is 2.20. The Morgan fingerprint density at radius 1 is 1.73 bits per heavy atom. The molecule has 1 unspecified atom stereocenters. The number of hydrogen-bond donors (Lipinski definition) is 0. The standard InChI is InChI=1S/C6H7Cl3N2/c1-11-5(8)4(2-7)3-10-6(11)9/h3,5H,2H2,1H3. The minimum atomic E-state index is -0.266.